The first-order valence-corrected chi connectivity index (χ1v) is 3.54. The molecule has 0 rings (SSSR count). The highest BCUT2D eigenvalue weighted by atomic mass is 16.8. The van der Waals surface area contributed by atoms with Crippen LogP contribution in [-0.2, 0) is 9.47 Å². The minimum atomic E-state index is -1.96. The molecule has 5 heteroatoms. The zero-order valence-electron chi connectivity index (χ0n) is 7.57. The van der Waals surface area contributed by atoms with Gasteiger partial charge in [0.25, 0.3) is 5.97 Å². The van der Waals surface area contributed by atoms with Gasteiger partial charge in [-0.15, -0.1) is 0 Å². The molecule has 0 aromatic heterocycles. The molecule has 74 valence electrons. The maximum Gasteiger partial charge on any atom is 0.290 e. The van der Waals surface area contributed by atoms with Crippen LogP contribution in [0.15, 0.2) is 0 Å². The predicted molar refractivity (Wildman–Crippen MR) is 41.2 cm³/mol. The second kappa shape index (κ2) is 4.15. The monoisotopic (exact) mass is 180 g/mol. The molecule has 0 aliphatic carbocycles. The predicted octanol–water partition coefficient (Wildman–Crippen LogP) is -1.08. The fourth-order valence-electron chi connectivity index (χ4n) is 0.826. The molecule has 5 nitrogen and oxygen atoms in total. The summed E-state index contributed by atoms with van der Waals surface area (Å²) in [5, 5.41) is 27.4. The first kappa shape index (κ1) is 11.8. The number of aliphatic hydroxyl groups excluding tert-OH is 2. The Morgan fingerprint density at radius 2 is 1.42 bits per heavy atom. The van der Waals surface area contributed by atoms with Crippen molar-refractivity contribution in [1.82, 2.24) is 0 Å². The van der Waals surface area contributed by atoms with E-state index in [4.69, 9.17) is 10.2 Å². The summed E-state index contributed by atoms with van der Waals surface area (Å²) in [5.41, 5.74) is -1.24. The molecule has 0 bridgehead atoms. The smallest absolute Gasteiger partial charge is 0.290 e. The van der Waals surface area contributed by atoms with Gasteiger partial charge in [0.2, 0.25) is 0 Å². The van der Waals surface area contributed by atoms with E-state index in [0.29, 0.717) is 0 Å². The van der Waals surface area contributed by atoms with Gasteiger partial charge in [0.15, 0.2) is 0 Å². The van der Waals surface area contributed by atoms with Crippen LogP contribution in [0.5, 0.6) is 0 Å². The molecule has 0 atom stereocenters. The standard InChI is InChI=1S/C7H16O5/c1-6(4-8,5-9)7(10,11-2)12-3/h8-10H,4-5H2,1-3H3. The summed E-state index contributed by atoms with van der Waals surface area (Å²) >= 11 is 0. The topological polar surface area (TPSA) is 79.2 Å². The maximum absolute atomic E-state index is 9.58. The van der Waals surface area contributed by atoms with E-state index < -0.39 is 24.6 Å². The lowest BCUT2D eigenvalue weighted by molar-refractivity contribution is -0.401. The number of rotatable bonds is 5. The number of methoxy groups -OCH3 is 2. The van der Waals surface area contributed by atoms with Gasteiger partial charge in [0.05, 0.1) is 18.6 Å². The quantitative estimate of drug-likeness (QED) is 0.469. The van der Waals surface area contributed by atoms with Gasteiger partial charge < -0.3 is 24.8 Å². The lowest BCUT2D eigenvalue weighted by Crippen LogP contribution is -2.54. The van der Waals surface area contributed by atoms with E-state index in [9.17, 15) is 5.11 Å². The highest BCUT2D eigenvalue weighted by Gasteiger charge is 2.48. The van der Waals surface area contributed by atoms with Crippen molar-refractivity contribution in [2.45, 2.75) is 12.9 Å². The third kappa shape index (κ3) is 1.75. The van der Waals surface area contributed by atoms with Crippen LogP contribution in [0.2, 0.25) is 0 Å². The normalized spacial score (nSPS) is 13.5. The Kier molecular flexibility index (Phi) is 4.09. The van der Waals surface area contributed by atoms with E-state index in [1.165, 1.54) is 21.1 Å². The largest absolute Gasteiger partial charge is 0.395 e. The molecular formula is C7H16O5. The van der Waals surface area contributed by atoms with Crippen LogP contribution in [0.3, 0.4) is 0 Å². The summed E-state index contributed by atoms with van der Waals surface area (Å²) in [6.07, 6.45) is 0. The van der Waals surface area contributed by atoms with E-state index in [-0.39, 0.29) is 0 Å². The van der Waals surface area contributed by atoms with Crippen molar-refractivity contribution < 1.29 is 24.8 Å². The molecule has 0 aromatic carbocycles. The van der Waals surface area contributed by atoms with Crippen LogP contribution < -0.4 is 0 Å². The fourth-order valence-corrected chi connectivity index (χ4v) is 0.826. The van der Waals surface area contributed by atoms with Crippen molar-refractivity contribution in [3.8, 4) is 0 Å². The van der Waals surface area contributed by atoms with E-state index in [1.807, 2.05) is 0 Å². The maximum atomic E-state index is 9.58. The molecule has 0 aromatic rings. The van der Waals surface area contributed by atoms with E-state index in [2.05, 4.69) is 9.47 Å². The number of hydrogen-bond acceptors (Lipinski definition) is 5. The van der Waals surface area contributed by atoms with Crippen molar-refractivity contribution in [3.63, 3.8) is 0 Å². The molecule has 0 aliphatic rings. The number of aliphatic hydroxyl groups is 3. The van der Waals surface area contributed by atoms with Crippen LogP contribution in [-0.4, -0.2) is 48.7 Å². The van der Waals surface area contributed by atoms with Gasteiger partial charge >= 0.3 is 0 Å². The Morgan fingerprint density at radius 3 is 1.50 bits per heavy atom. The third-order valence-corrected chi connectivity index (χ3v) is 2.01. The summed E-state index contributed by atoms with van der Waals surface area (Å²) in [4.78, 5) is 0. The molecule has 0 saturated heterocycles. The highest BCUT2D eigenvalue weighted by Crippen LogP contribution is 2.31. The molecule has 3 N–H and O–H groups in total. The molecule has 0 aliphatic heterocycles. The molecule has 0 unspecified atom stereocenters. The molecule has 12 heavy (non-hydrogen) atoms. The molecule has 0 fully saturated rings. The Labute approximate surface area is 71.5 Å². The van der Waals surface area contributed by atoms with E-state index in [0.717, 1.165) is 0 Å². The van der Waals surface area contributed by atoms with Crippen molar-refractivity contribution in [3.05, 3.63) is 0 Å². The van der Waals surface area contributed by atoms with Crippen molar-refractivity contribution >= 4 is 0 Å². The van der Waals surface area contributed by atoms with Gasteiger partial charge in [0.1, 0.15) is 0 Å². The summed E-state index contributed by atoms with van der Waals surface area (Å²) in [6.45, 7) is 0.559. The van der Waals surface area contributed by atoms with Gasteiger partial charge in [-0.05, 0) is 6.92 Å². The molecule has 0 heterocycles. The van der Waals surface area contributed by atoms with Crippen LogP contribution in [0, 0.1) is 5.41 Å². The Morgan fingerprint density at radius 1 is 1.08 bits per heavy atom. The summed E-state index contributed by atoms with van der Waals surface area (Å²) < 4.78 is 9.29. The lowest BCUT2D eigenvalue weighted by atomic mass is 9.89. The zero-order chi connectivity index (χ0) is 9.83. The minimum absolute atomic E-state index is 0.443. The molecular weight excluding hydrogens is 164 g/mol. The van der Waals surface area contributed by atoms with Crippen LogP contribution in [0.25, 0.3) is 0 Å². The van der Waals surface area contributed by atoms with Gasteiger partial charge in [-0.3, -0.25) is 0 Å². The minimum Gasteiger partial charge on any atom is -0.395 e. The summed E-state index contributed by atoms with van der Waals surface area (Å²) in [7, 11) is 2.46. The van der Waals surface area contributed by atoms with Crippen LogP contribution >= 0.6 is 0 Å². The summed E-state index contributed by atoms with van der Waals surface area (Å²) in [5.74, 6) is -1.96. The second-order valence-electron chi connectivity index (χ2n) is 2.87. The average molecular weight is 180 g/mol. The second-order valence-corrected chi connectivity index (χ2v) is 2.87. The molecule has 0 amide bonds. The lowest BCUT2D eigenvalue weighted by Gasteiger charge is -2.39. The Hall–Kier alpha value is -0.200. The van der Waals surface area contributed by atoms with Crippen LogP contribution in [0.1, 0.15) is 6.92 Å². The third-order valence-electron chi connectivity index (χ3n) is 2.01. The summed E-state index contributed by atoms with van der Waals surface area (Å²) in [6, 6.07) is 0. The fraction of sp³-hybridized carbons (Fsp3) is 1.00. The van der Waals surface area contributed by atoms with Gasteiger partial charge in [0, 0.05) is 14.2 Å². The molecule has 0 radical (unpaired) electrons. The van der Waals surface area contributed by atoms with Crippen LogP contribution in [0.4, 0.5) is 0 Å². The van der Waals surface area contributed by atoms with Gasteiger partial charge in [-0.25, -0.2) is 0 Å². The van der Waals surface area contributed by atoms with E-state index >= 15 is 0 Å². The Balaban J connectivity index is 4.66. The first-order chi connectivity index (χ1) is 5.49. The van der Waals surface area contributed by atoms with E-state index in [1.54, 1.807) is 0 Å². The molecule has 0 spiro atoms. The Bertz CT molecular complexity index is 112. The van der Waals surface area contributed by atoms with Gasteiger partial charge in [-0.1, -0.05) is 0 Å². The first-order valence-electron chi connectivity index (χ1n) is 3.54. The highest BCUT2D eigenvalue weighted by molar-refractivity contribution is 4.81. The van der Waals surface area contributed by atoms with Gasteiger partial charge in [-0.2, -0.15) is 0 Å². The molecule has 0 saturated carbocycles. The van der Waals surface area contributed by atoms with Crippen molar-refractivity contribution in [2.75, 3.05) is 27.4 Å². The average Bonchev–Trinajstić information content (AvgIpc) is 2.15. The zero-order valence-corrected chi connectivity index (χ0v) is 7.57. The number of hydrogen-bond donors (Lipinski definition) is 3. The van der Waals surface area contributed by atoms with Crippen molar-refractivity contribution in [2.24, 2.45) is 5.41 Å². The van der Waals surface area contributed by atoms with Crippen molar-refractivity contribution in [1.29, 1.82) is 0 Å². The number of ether oxygens (including phenoxy) is 2. The SMILES string of the molecule is COC(O)(OC)C(C)(CO)CO.